The quantitative estimate of drug-likeness (QED) is 0.164. The van der Waals surface area contributed by atoms with Gasteiger partial charge in [-0.05, 0) is 108 Å². The van der Waals surface area contributed by atoms with Crippen molar-refractivity contribution in [2.45, 2.75) is 25.8 Å². The van der Waals surface area contributed by atoms with Crippen LogP contribution in [0.25, 0.3) is 82.6 Å². The summed E-state index contributed by atoms with van der Waals surface area (Å²) >= 11 is 0. The molecule has 1 aromatic heterocycles. The van der Waals surface area contributed by atoms with E-state index in [0.717, 1.165) is 66.2 Å². The molecule has 9 aromatic carbocycles. The van der Waals surface area contributed by atoms with Gasteiger partial charge < -0.3 is 10.2 Å². The van der Waals surface area contributed by atoms with Crippen LogP contribution in [0.2, 0.25) is 0 Å². The fourth-order valence-electron chi connectivity index (χ4n) is 9.44. The summed E-state index contributed by atoms with van der Waals surface area (Å²) in [7, 11) is 0. The van der Waals surface area contributed by atoms with Crippen LogP contribution in [0.3, 0.4) is 0 Å². The second-order valence-corrected chi connectivity index (χ2v) is 16.5. The number of furan rings is 1. The smallest absolute Gasteiger partial charge is 0.136 e. The average Bonchev–Trinajstić information content (AvgIpc) is 3.78. The molecule has 0 amide bonds. The lowest BCUT2D eigenvalue weighted by molar-refractivity contribution is 0.661. The average molecular weight is 771 g/mol. The molecule has 60 heavy (non-hydrogen) atoms. The zero-order chi connectivity index (χ0) is 40.4. The van der Waals surface area contributed by atoms with Gasteiger partial charge in [-0.1, -0.05) is 172 Å². The van der Waals surface area contributed by atoms with Crippen molar-refractivity contribution in [1.29, 1.82) is 0 Å². The number of fused-ring (bicyclic) bond motifs is 8. The number of aliphatic imine (C=N–C) groups is 1. The maximum Gasteiger partial charge on any atom is 0.136 e. The number of para-hydroxylation sites is 1. The van der Waals surface area contributed by atoms with Gasteiger partial charge in [-0.2, -0.15) is 0 Å². The molecule has 0 aliphatic heterocycles. The van der Waals surface area contributed by atoms with Crippen LogP contribution in [-0.2, 0) is 12.0 Å². The number of rotatable bonds is 7. The van der Waals surface area contributed by atoms with Gasteiger partial charge in [0.05, 0.1) is 12.3 Å². The Balaban J connectivity index is 0.960. The molecule has 2 N–H and O–H groups in total. The van der Waals surface area contributed by atoms with E-state index in [4.69, 9.17) is 15.1 Å². The third-order valence-electron chi connectivity index (χ3n) is 12.6. The number of nitrogens with two attached hydrogens (primary N) is 1. The largest absolute Gasteiger partial charge is 0.456 e. The third-order valence-corrected chi connectivity index (χ3v) is 12.6. The first kappa shape index (κ1) is 35.7. The Kier molecular flexibility index (Phi) is 8.38. The summed E-state index contributed by atoms with van der Waals surface area (Å²) in [5.74, 6) is 0. The minimum Gasteiger partial charge on any atom is -0.456 e. The molecule has 0 unspecified atom stereocenters. The second-order valence-electron chi connectivity index (χ2n) is 16.5. The Morgan fingerprint density at radius 2 is 1.17 bits per heavy atom. The van der Waals surface area contributed by atoms with Crippen LogP contribution < -0.4 is 5.73 Å². The number of benzene rings is 9. The Hall–Kier alpha value is -7.49. The molecule has 1 heterocycles. The molecule has 10 aromatic rings. The van der Waals surface area contributed by atoms with E-state index in [1.807, 2.05) is 54.6 Å². The van der Waals surface area contributed by atoms with Crippen molar-refractivity contribution in [3.8, 4) is 33.4 Å². The van der Waals surface area contributed by atoms with Crippen molar-refractivity contribution >= 4 is 54.9 Å². The molecule has 1 aliphatic rings. The van der Waals surface area contributed by atoms with E-state index in [1.165, 1.54) is 44.2 Å². The van der Waals surface area contributed by atoms with Crippen LogP contribution >= 0.6 is 0 Å². The van der Waals surface area contributed by atoms with Gasteiger partial charge in [0.2, 0.25) is 0 Å². The lowest BCUT2D eigenvalue weighted by atomic mass is 9.81. The van der Waals surface area contributed by atoms with Crippen LogP contribution in [0.4, 0.5) is 0 Å². The van der Waals surface area contributed by atoms with Gasteiger partial charge in [-0.25, -0.2) is 0 Å². The molecule has 3 heteroatoms. The Morgan fingerprint density at radius 3 is 1.98 bits per heavy atom. The maximum absolute atomic E-state index is 7.14. The molecule has 0 spiro atoms. The van der Waals surface area contributed by atoms with Crippen LogP contribution in [0.5, 0.6) is 0 Å². The summed E-state index contributed by atoms with van der Waals surface area (Å²) in [6, 6.07) is 67.1. The lowest BCUT2D eigenvalue weighted by Crippen LogP contribution is -2.14. The van der Waals surface area contributed by atoms with Crippen molar-refractivity contribution in [2.75, 3.05) is 0 Å². The Morgan fingerprint density at radius 1 is 0.517 bits per heavy atom. The normalized spacial score (nSPS) is 13.6. The van der Waals surface area contributed by atoms with Crippen molar-refractivity contribution < 1.29 is 4.42 Å². The second kappa shape index (κ2) is 14.1. The molecule has 0 bridgehead atoms. The minimum atomic E-state index is -0.0534. The SMILES string of the molecule is CC1(C)c2ccc(-c3ccc(-c4ccc(/C(N)=C/C(=NCc5ccccc5)c5cccc6oc7ccccc7c56)c5ccccc45)cc3)cc2-c2cc3ccccc3cc21. The molecule has 0 saturated heterocycles. The zero-order valence-electron chi connectivity index (χ0n) is 33.6. The van der Waals surface area contributed by atoms with E-state index in [0.29, 0.717) is 12.2 Å². The summed E-state index contributed by atoms with van der Waals surface area (Å²) in [6.45, 7) is 5.22. The molecule has 0 saturated carbocycles. The minimum absolute atomic E-state index is 0.0534. The molecule has 286 valence electrons. The summed E-state index contributed by atoms with van der Waals surface area (Å²) in [5.41, 5.74) is 23.5. The van der Waals surface area contributed by atoms with Crippen LogP contribution in [0.15, 0.2) is 204 Å². The summed E-state index contributed by atoms with van der Waals surface area (Å²) < 4.78 is 6.28. The van der Waals surface area contributed by atoms with Crippen LogP contribution in [-0.4, -0.2) is 5.71 Å². The molecule has 3 nitrogen and oxygen atoms in total. The van der Waals surface area contributed by atoms with Crippen LogP contribution in [0, 0.1) is 0 Å². The highest BCUT2D eigenvalue weighted by atomic mass is 16.3. The van der Waals surface area contributed by atoms with Crippen molar-refractivity contribution in [1.82, 2.24) is 0 Å². The first-order valence-corrected chi connectivity index (χ1v) is 20.7. The number of hydrogen-bond donors (Lipinski definition) is 1. The first-order chi connectivity index (χ1) is 29.4. The van der Waals surface area contributed by atoms with Gasteiger partial charge in [-0.3, -0.25) is 4.99 Å². The molecule has 0 radical (unpaired) electrons. The molecule has 0 atom stereocenters. The van der Waals surface area contributed by atoms with E-state index in [-0.39, 0.29) is 5.41 Å². The first-order valence-electron chi connectivity index (χ1n) is 20.7. The van der Waals surface area contributed by atoms with Gasteiger partial charge in [-0.15, -0.1) is 0 Å². The van der Waals surface area contributed by atoms with Crippen molar-refractivity contribution in [3.05, 3.63) is 222 Å². The highest BCUT2D eigenvalue weighted by molar-refractivity contribution is 6.23. The summed E-state index contributed by atoms with van der Waals surface area (Å²) in [5, 5.41) is 6.91. The van der Waals surface area contributed by atoms with E-state index in [9.17, 15) is 0 Å². The summed E-state index contributed by atoms with van der Waals surface area (Å²) in [4.78, 5) is 5.21. The molecule has 1 aliphatic carbocycles. The zero-order valence-corrected chi connectivity index (χ0v) is 33.6. The van der Waals surface area contributed by atoms with Gasteiger partial charge >= 0.3 is 0 Å². The molecular formula is C57H42N2O. The monoisotopic (exact) mass is 770 g/mol. The molecule has 11 rings (SSSR count). The van der Waals surface area contributed by atoms with Crippen LogP contribution in [0.1, 0.15) is 41.7 Å². The number of nitrogens with zero attached hydrogens (tertiary/aromatic N) is 1. The van der Waals surface area contributed by atoms with Gasteiger partial charge in [0, 0.05) is 33.0 Å². The molecular weight excluding hydrogens is 729 g/mol. The fourth-order valence-corrected chi connectivity index (χ4v) is 9.44. The molecule has 0 fully saturated rings. The van der Waals surface area contributed by atoms with E-state index >= 15 is 0 Å². The highest BCUT2D eigenvalue weighted by Gasteiger charge is 2.35. The summed E-state index contributed by atoms with van der Waals surface area (Å²) in [6.07, 6.45) is 2.04. The lowest BCUT2D eigenvalue weighted by Gasteiger charge is -2.22. The van der Waals surface area contributed by atoms with Crippen molar-refractivity contribution in [2.24, 2.45) is 10.7 Å². The standard InChI is InChI=1S/C57H42N2O/c1-57(2)50-30-27-41(32-48(50)49-31-39-15-6-7-16-40(39)33-51(49)57)37-23-25-38(26-24-37)42-28-29-45(44-18-9-8-17-43(42)44)52(58)34-53(59-35-36-13-4-3-5-14-36)46-20-12-22-55-56(46)47-19-10-11-21-54(47)60-55/h3-34H,35,58H2,1-2H3/b52-34-,59-53?. The Bertz CT molecular complexity index is 3370. The van der Waals surface area contributed by atoms with E-state index in [2.05, 4.69) is 153 Å². The van der Waals surface area contributed by atoms with Crippen molar-refractivity contribution in [3.63, 3.8) is 0 Å². The number of allylic oxidation sites excluding steroid dienone is 1. The number of hydrogen-bond acceptors (Lipinski definition) is 3. The predicted octanol–water partition coefficient (Wildman–Crippen LogP) is 14.5. The maximum atomic E-state index is 7.14. The van der Waals surface area contributed by atoms with Gasteiger partial charge in [0.15, 0.2) is 0 Å². The van der Waals surface area contributed by atoms with E-state index < -0.39 is 0 Å². The third kappa shape index (κ3) is 5.93. The predicted molar refractivity (Wildman–Crippen MR) is 252 cm³/mol. The topological polar surface area (TPSA) is 51.5 Å². The fraction of sp³-hybridized carbons (Fsp3) is 0.0702. The highest BCUT2D eigenvalue weighted by Crippen LogP contribution is 2.51. The van der Waals surface area contributed by atoms with Gasteiger partial charge in [0.1, 0.15) is 11.2 Å². The Labute approximate surface area is 349 Å². The van der Waals surface area contributed by atoms with E-state index in [1.54, 1.807) is 0 Å². The van der Waals surface area contributed by atoms with Gasteiger partial charge in [0.25, 0.3) is 0 Å².